The van der Waals surface area contributed by atoms with Crippen LogP contribution in [-0.4, -0.2) is 6.54 Å². The molecule has 1 nitrogen and oxygen atoms in total. The van der Waals surface area contributed by atoms with Crippen molar-refractivity contribution in [3.63, 3.8) is 0 Å². The molecule has 70 valence electrons. The number of hydrogen-bond donors (Lipinski definition) is 1. The van der Waals surface area contributed by atoms with Crippen LogP contribution in [-0.2, 0) is 6.42 Å². The summed E-state index contributed by atoms with van der Waals surface area (Å²) < 4.78 is 0. The van der Waals surface area contributed by atoms with Crippen molar-refractivity contribution >= 4 is 11.3 Å². The van der Waals surface area contributed by atoms with Crippen LogP contribution in [0.3, 0.4) is 0 Å². The van der Waals surface area contributed by atoms with Crippen molar-refractivity contribution in [1.29, 1.82) is 0 Å². The van der Waals surface area contributed by atoms with Crippen molar-refractivity contribution < 1.29 is 0 Å². The highest BCUT2D eigenvalue weighted by molar-refractivity contribution is 7.10. The second kappa shape index (κ2) is 2.58. The van der Waals surface area contributed by atoms with Crippen LogP contribution in [0.5, 0.6) is 0 Å². The summed E-state index contributed by atoms with van der Waals surface area (Å²) in [6, 6.07) is 2.97. The van der Waals surface area contributed by atoms with Gasteiger partial charge >= 0.3 is 0 Å². The minimum Gasteiger partial charge on any atom is -0.309 e. The Hall–Kier alpha value is -0.340. The summed E-state index contributed by atoms with van der Waals surface area (Å²) in [5.74, 6) is 0. The molecule has 0 saturated heterocycles. The van der Waals surface area contributed by atoms with Gasteiger partial charge in [-0.1, -0.05) is 6.92 Å². The van der Waals surface area contributed by atoms with Crippen molar-refractivity contribution in [2.45, 2.75) is 32.2 Å². The van der Waals surface area contributed by atoms with E-state index in [4.69, 9.17) is 0 Å². The molecule has 1 aliphatic carbocycles. The average Bonchev–Trinajstić information content (AvgIpc) is 2.72. The van der Waals surface area contributed by atoms with E-state index in [-0.39, 0.29) is 0 Å². The molecular formula is C11H15NS. The Morgan fingerprint density at radius 3 is 3.15 bits per heavy atom. The topological polar surface area (TPSA) is 12.0 Å². The fraction of sp³-hybridized carbons (Fsp3) is 0.636. The molecule has 0 spiro atoms. The molecule has 13 heavy (non-hydrogen) atoms. The SMILES string of the molecule is CC1(C2NCCc3sccc32)CC1. The maximum absolute atomic E-state index is 3.67. The standard InChI is InChI=1S/C11H15NS/c1-11(4-5-11)10-8-3-7-13-9(8)2-6-12-10/h3,7,10,12H,2,4-6H2,1H3. The molecule has 0 aromatic carbocycles. The van der Waals surface area contributed by atoms with Gasteiger partial charge in [0, 0.05) is 17.5 Å². The maximum Gasteiger partial charge on any atom is 0.0385 e. The Bertz CT molecular complexity index is 325. The van der Waals surface area contributed by atoms with Crippen LogP contribution in [0.4, 0.5) is 0 Å². The number of fused-ring (bicyclic) bond motifs is 1. The summed E-state index contributed by atoms with van der Waals surface area (Å²) in [5.41, 5.74) is 2.17. The summed E-state index contributed by atoms with van der Waals surface area (Å²) in [5, 5.41) is 5.92. The molecular weight excluding hydrogens is 178 g/mol. The van der Waals surface area contributed by atoms with Crippen LogP contribution < -0.4 is 5.32 Å². The molecule has 1 saturated carbocycles. The predicted octanol–water partition coefficient (Wildman–Crippen LogP) is 2.74. The average molecular weight is 193 g/mol. The Morgan fingerprint density at radius 1 is 1.54 bits per heavy atom. The largest absolute Gasteiger partial charge is 0.309 e. The molecule has 2 heterocycles. The molecule has 1 aliphatic heterocycles. The van der Waals surface area contributed by atoms with E-state index >= 15 is 0 Å². The number of nitrogens with one attached hydrogen (secondary N) is 1. The van der Waals surface area contributed by atoms with E-state index in [0.29, 0.717) is 11.5 Å². The van der Waals surface area contributed by atoms with E-state index in [9.17, 15) is 0 Å². The van der Waals surface area contributed by atoms with Crippen molar-refractivity contribution in [2.75, 3.05) is 6.54 Å². The number of thiophene rings is 1. The van der Waals surface area contributed by atoms with Crippen molar-refractivity contribution in [3.8, 4) is 0 Å². The molecule has 3 rings (SSSR count). The van der Waals surface area contributed by atoms with Crippen LogP contribution in [0.15, 0.2) is 11.4 Å². The van der Waals surface area contributed by atoms with E-state index in [1.54, 1.807) is 10.4 Å². The molecule has 2 heteroatoms. The number of rotatable bonds is 1. The first-order valence-electron chi connectivity index (χ1n) is 5.09. The van der Waals surface area contributed by atoms with Crippen molar-refractivity contribution in [1.82, 2.24) is 5.32 Å². The van der Waals surface area contributed by atoms with E-state index in [2.05, 4.69) is 23.7 Å². The molecule has 1 aromatic heterocycles. The zero-order valence-corrected chi connectivity index (χ0v) is 8.79. The van der Waals surface area contributed by atoms with Gasteiger partial charge in [-0.15, -0.1) is 11.3 Å². The summed E-state index contributed by atoms with van der Waals surface area (Å²) >= 11 is 1.93. The third-order valence-electron chi connectivity index (χ3n) is 3.53. The van der Waals surface area contributed by atoms with E-state index in [1.807, 2.05) is 11.3 Å². The van der Waals surface area contributed by atoms with Gasteiger partial charge in [0.2, 0.25) is 0 Å². The zero-order valence-electron chi connectivity index (χ0n) is 7.97. The molecule has 0 amide bonds. The summed E-state index contributed by atoms with van der Waals surface area (Å²) in [6.45, 7) is 3.59. The zero-order chi connectivity index (χ0) is 8.89. The Labute approximate surface area is 83.2 Å². The van der Waals surface area contributed by atoms with E-state index in [1.165, 1.54) is 25.8 Å². The third-order valence-corrected chi connectivity index (χ3v) is 4.52. The molecule has 0 bridgehead atoms. The van der Waals surface area contributed by atoms with Gasteiger partial charge in [-0.05, 0) is 41.7 Å². The van der Waals surface area contributed by atoms with Crippen molar-refractivity contribution in [3.05, 3.63) is 21.9 Å². The van der Waals surface area contributed by atoms with E-state index in [0.717, 1.165) is 0 Å². The van der Waals surface area contributed by atoms with Crippen LogP contribution >= 0.6 is 11.3 Å². The molecule has 1 fully saturated rings. The van der Waals surface area contributed by atoms with Gasteiger partial charge in [-0.3, -0.25) is 0 Å². The Morgan fingerprint density at radius 2 is 2.38 bits per heavy atom. The lowest BCUT2D eigenvalue weighted by Gasteiger charge is -2.29. The Kier molecular flexibility index (Phi) is 1.59. The first kappa shape index (κ1) is 8.01. The van der Waals surface area contributed by atoms with Gasteiger partial charge in [0.05, 0.1) is 0 Å². The van der Waals surface area contributed by atoms with Gasteiger partial charge in [0.25, 0.3) is 0 Å². The first-order valence-corrected chi connectivity index (χ1v) is 5.97. The summed E-state index contributed by atoms with van der Waals surface area (Å²) in [4.78, 5) is 1.62. The maximum atomic E-state index is 3.67. The molecule has 1 unspecified atom stereocenters. The lowest BCUT2D eigenvalue weighted by atomic mass is 9.89. The smallest absolute Gasteiger partial charge is 0.0385 e. The van der Waals surface area contributed by atoms with Gasteiger partial charge in [0.1, 0.15) is 0 Å². The minimum absolute atomic E-state index is 0.580. The second-order valence-corrected chi connectivity index (χ2v) is 5.59. The van der Waals surface area contributed by atoms with Crippen LogP contribution in [0.25, 0.3) is 0 Å². The lowest BCUT2D eigenvalue weighted by Crippen LogP contribution is -2.33. The normalized spacial score (nSPS) is 29.8. The third kappa shape index (κ3) is 1.16. The highest BCUT2D eigenvalue weighted by Gasteiger charge is 2.46. The van der Waals surface area contributed by atoms with E-state index < -0.39 is 0 Å². The number of hydrogen-bond acceptors (Lipinski definition) is 2. The fourth-order valence-corrected chi connectivity index (χ4v) is 3.28. The molecule has 1 aromatic rings. The van der Waals surface area contributed by atoms with Gasteiger partial charge in [-0.2, -0.15) is 0 Å². The first-order chi connectivity index (χ1) is 6.30. The quantitative estimate of drug-likeness (QED) is 0.723. The van der Waals surface area contributed by atoms with Crippen LogP contribution in [0.2, 0.25) is 0 Å². The molecule has 0 radical (unpaired) electrons. The minimum atomic E-state index is 0.580. The summed E-state index contributed by atoms with van der Waals surface area (Å²) in [7, 11) is 0. The Balaban J connectivity index is 2.00. The van der Waals surface area contributed by atoms with Gasteiger partial charge < -0.3 is 5.32 Å². The monoisotopic (exact) mass is 193 g/mol. The highest BCUT2D eigenvalue weighted by atomic mass is 32.1. The molecule has 1 atom stereocenters. The second-order valence-electron chi connectivity index (χ2n) is 4.59. The van der Waals surface area contributed by atoms with Crippen LogP contribution in [0.1, 0.15) is 36.2 Å². The van der Waals surface area contributed by atoms with Crippen LogP contribution in [0, 0.1) is 5.41 Å². The van der Waals surface area contributed by atoms with Gasteiger partial charge in [-0.25, -0.2) is 0 Å². The lowest BCUT2D eigenvalue weighted by molar-refractivity contribution is 0.354. The highest BCUT2D eigenvalue weighted by Crippen LogP contribution is 2.55. The van der Waals surface area contributed by atoms with Gasteiger partial charge in [0.15, 0.2) is 0 Å². The summed E-state index contributed by atoms with van der Waals surface area (Å²) in [6.07, 6.45) is 4.04. The molecule has 1 N–H and O–H groups in total. The molecule has 2 aliphatic rings. The van der Waals surface area contributed by atoms with Crippen molar-refractivity contribution in [2.24, 2.45) is 5.41 Å². The fourth-order valence-electron chi connectivity index (χ4n) is 2.36. The predicted molar refractivity (Wildman–Crippen MR) is 56.1 cm³/mol.